The summed E-state index contributed by atoms with van der Waals surface area (Å²) in [5.74, 6) is -6.26. The number of ether oxygens (including phenoxy) is 1. The lowest BCUT2D eigenvalue weighted by Gasteiger charge is -2.35. The molecular weight excluding hydrogens is 232 g/mol. The molecule has 0 spiro atoms. The second kappa shape index (κ2) is 6.60. The molecule has 0 saturated carbocycles. The molecule has 0 heterocycles. The van der Waals surface area contributed by atoms with Crippen LogP contribution in [0.1, 0.15) is 39.5 Å². The van der Waals surface area contributed by atoms with Gasteiger partial charge in [-0.25, -0.2) is 0 Å². The third kappa shape index (κ3) is 5.26. The van der Waals surface area contributed by atoms with Gasteiger partial charge in [0.1, 0.15) is 12.2 Å². The van der Waals surface area contributed by atoms with Crippen molar-refractivity contribution in [2.24, 2.45) is 0 Å². The van der Waals surface area contributed by atoms with Crippen LogP contribution < -0.4 is 0 Å². The van der Waals surface area contributed by atoms with Crippen molar-refractivity contribution in [1.82, 2.24) is 0 Å². The standard InChI is InChI=1S/C10H22O7/c1-3-5-7(11)9(13,14)17-10(15,16)8(12)6-4-2/h7-8,11-16H,3-6H2,1-2H3. The van der Waals surface area contributed by atoms with Crippen LogP contribution in [0.4, 0.5) is 0 Å². The average Bonchev–Trinajstić information content (AvgIpc) is 2.16. The third-order valence-electron chi connectivity index (χ3n) is 2.29. The summed E-state index contributed by atoms with van der Waals surface area (Å²) in [6.07, 6.45) is -2.55. The van der Waals surface area contributed by atoms with Gasteiger partial charge in [0.05, 0.1) is 0 Å². The van der Waals surface area contributed by atoms with E-state index in [1.807, 2.05) is 0 Å². The minimum Gasteiger partial charge on any atom is -0.385 e. The lowest BCUT2D eigenvalue weighted by atomic mass is 10.1. The van der Waals surface area contributed by atoms with Crippen LogP contribution in [-0.2, 0) is 4.74 Å². The van der Waals surface area contributed by atoms with Gasteiger partial charge in [0.15, 0.2) is 0 Å². The Morgan fingerprint density at radius 3 is 1.35 bits per heavy atom. The van der Waals surface area contributed by atoms with Crippen LogP contribution in [0, 0.1) is 0 Å². The number of aliphatic hydroxyl groups is 6. The summed E-state index contributed by atoms with van der Waals surface area (Å²) >= 11 is 0. The van der Waals surface area contributed by atoms with Crippen LogP contribution in [0.25, 0.3) is 0 Å². The zero-order valence-electron chi connectivity index (χ0n) is 10.1. The predicted octanol–water partition coefficient (Wildman–Crippen LogP) is -1.40. The first-order valence-electron chi connectivity index (χ1n) is 5.63. The molecule has 0 rings (SSSR count). The zero-order chi connectivity index (χ0) is 13.7. The number of hydrogen-bond acceptors (Lipinski definition) is 7. The molecule has 6 N–H and O–H groups in total. The monoisotopic (exact) mass is 254 g/mol. The Morgan fingerprint density at radius 2 is 1.12 bits per heavy atom. The molecule has 0 radical (unpaired) electrons. The summed E-state index contributed by atoms with van der Waals surface area (Å²) < 4.78 is 4.18. The van der Waals surface area contributed by atoms with E-state index in [9.17, 15) is 30.6 Å². The summed E-state index contributed by atoms with van der Waals surface area (Å²) in [6, 6.07) is 0. The molecule has 0 aliphatic carbocycles. The van der Waals surface area contributed by atoms with Crippen LogP contribution in [0.3, 0.4) is 0 Å². The van der Waals surface area contributed by atoms with E-state index in [2.05, 4.69) is 4.74 Å². The lowest BCUT2D eigenvalue weighted by Crippen LogP contribution is -2.56. The highest BCUT2D eigenvalue weighted by Gasteiger charge is 2.46. The molecule has 0 bridgehead atoms. The first-order chi connectivity index (χ1) is 7.67. The van der Waals surface area contributed by atoms with Gasteiger partial charge in [-0.3, -0.25) is 4.74 Å². The Balaban J connectivity index is 4.56. The second-order valence-corrected chi connectivity index (χ2v) is 4.03. The van der Waals surface area contributed by atoms with E-state index in [0.29, 0.717) is 12.8 Å². The molecule has 0 aliphatic rings. The molecule has 0 aromatic carbocycles. The van der Waals surface area contributed by atoms with Gasteiger partial charge < -0.3 is 30.6 Å². The second-order valence-electron chi connectivity index (χ2n) is 4.03. The normalized spacial score (nSPS) is 16.9. The molecule has 17 heavy (non-hydrogen) atoms. The lowest BCUT2D eigenvalue weighted by molar-refractivity contribution is -0.504. The van der Waals surface area contributed by atoms with Crippen molar-refractivity contribution < 1.29 is 35.4 Å². The van der Waals surface area contributed by atoms with E-state index >= 15 is 0 Å². The minimum absolute atomic E-state index is 0.00699. The Morgan fingerprint density at radius 1 is 0.824 bits per heavy atom. The Hall–Kier alpha value is -0.280. The summed E-state index contributed by atoms with van der Waals surface area (Å²) in [4.78, 5) is 0. The SMILES string of the molecule is CCCC(O)C(O)(O)OC(O)(O)C(O)CCC. The summed E-state index contributed by atoms with van der Waals surface area (Å²) in [7, 11) is 0. The van der Waals surface area contributed by atoms with Crippen molar-refractivity contribution in [3.63, 3.8) is 0 Å². The molecule has 0 aromatic rings. The van der Waals surface area contributed by atoms with E-state index in [4.69, 9.17) is 0 Å². The van der Waals surface area contributed by atoms with Crippen molar-refractivity contribution in [2.45, 2.75) is 63.7 Å². The molecule has 0 amide bonds. The Labute approximate surface area is 99.9 Å². The molecule has 0 fully saturated rings. The van der Waals surface area contributed by atoms with Crippen LogP contribution in [0.5, 0.6) is 0 Å². The number of aliphatic hydroxyl groups excluding tert-OH is 2. The molecule has 0 aliphatic heterocycles. The molecule has 7 heteroatoms. The van der Waals surface area contributed by atoms with Gasteiger partial charge in [-0.15, -0.1) is 0 Å². The number of hydrogen-bond donors (Lipinski definition) is 6. The first kappa shape index (κ1) is 16.7. The van der Waals surface area contributed by atoms with Crippen LogP contribution in [0.15, 0.2) is 0 Å². The fourth-order valence-corrected chi connectivity index (χ4v) is 1.28. The van der Waals surface area contributed by atoms with Gasteiger partial charge in [0, 0.05) is 0 Å². The van der Waals surface area contributed by atoms with Crippen molar-refractivity contribution in [3.8, 4) is 0 Å². The molecule has 2 atom stereocenters. The van der Waals surface area contributed by atoms with Crippen LogP contribution >= 0.6 is 0 Å². The Kier molecular flexibility index (Phi) is 6.49. The topological polar surface area (TPSA) is 131 Å². The highest BCUT2D eigenvalue weighted by Crippen LogP contribution is 2.23. The highest BCUT2D eigenvalue weighted by atomic mass is 16.9. The third-order valence-corrected chi connectivity index (χ3v) is 2.29. The van der Waals surface area contributed by atoms with E-state index in [0.717, 1.165) is 0 Å². The van der Waals surface area contributed by atoms with Crippen molar-refractivity contribution in [2.75, 3.05) is 0 Å². The smallest absolute Gasteiger partial charge is 0.309 e. The molecule has 104 valence electrons. The fraction of sp³-hybridized carbons (Fsp3) is 1.00. The molecule has 7 nitrogen and oxygen atoms in total. The van der Waals surface area contributed by atoms with E-state index in [1.165, 1.54) is 0 Å². The zero-order valence-corrected chi connectivity index (χ0v) is 10.1. The number of rotatable bonds is 8. The van der Waals surface area contributed by atoms with E-state index < -0.39 is 24.2 Å². The van der Waals surface area contributed by atoms with Gasteiger partial charge in [0.25, 0.3) is 0 Å². The van der Waals surface area contributed by atoms with Crippen molar-refractivity contribution in [3.05, 3.63) is 0 Å². The van der Waals surface area contributed by atoms with Gasteiger partial charge >= 0.3 is 11.9 Å². The van der Waals surface area contributed by atoms with Gasteiger partial charge in [-0.2, -0.15) is 0 Å². The van der Waals surface area contributed by atoms with Gasteiger partial charge in [-0.1, -0.05) is 26.7 Å². The maximum atomic E-state index is 9.32. The van der Waals surface area contributed by atoms with Crippen LogP contribution in [-0.4, -0.2) is 54.8 Å². The minimum atomic E-state index is -3.13. The Bertz CT molecular complexity index is 195. The average molecular weight is 254 g/mol. The van der Waals surface area contributed by atoms with Gasteiger partial charge in [0.2, 0.25) is 0 Å². The predicted molar refractivity (Wildman–Crippen MR) is 57.3 cm³/mol. The molecule has 0 aromatic heterocycles. The molecule has 0 saturated heterocycles. The largest absolute Gasteiger partial charge is 0.385 e. The van der Waals surface area contributed by atoms with E-state index in [-0.39, 0.29) is 12.8 Å². The maximum Gasteiger partial charge on any atom is 0.309 e. The van der Waals surface area contributed by atoms with Gasteiger partial charge in [-0.05, 0) is 12.8 Å². The summed E-state index contributed by atoms with van der Waals surface area (Å²) in [5.41, 5.74) is 0. The maximum absolute atomic E-state index is 9.32. The highest BCUT2D eigenvalue weighted by molar-refractivity contribution is 4.71. The summed E-state index contributed by atoms with van der Waals surface area (Å²) in [5, 5.41) is 55.9. The van der Waals surface area contributed by atoms with Crippen molar-refractivity contribution >= 4 is 0 Å². The van der Waals surface area contributed by atoms with E-state index in [1.54, 1.807) is 13.8 Å². The van der Waals surface area contributed by atoms with Crippen LogP contribution in [0.2, 0.25) is 0 Å². The first-order valence-corrected chi connectivity index (χ1v) is 5.63. The summed E-state index contributed by atoms with van der Waals surface area (Å²) in [6.45, 7) is 3.38. The fourth-order valence-electron chi connectivity index (χ4n) is 1.28. The molecular formula is C10H22O7. The quantitative estimate of drug-likeness (QED) is 0.294. The van der Waals surface area contributed by atoms with Crippen molar-refractivity contribution in [1.29, 1.82) is 0 Å². The molecule has 2 unspecified atom stereocenters.